The first kappa shape index (κ1) is 33.3. The van der Waals surface area contributed by atoms with Crippen molar-refractivity contribution in [3.8, 4) is 0 Å². The number of thiazole rings is 1. The molecule has 13 nitrogen and oxygen atoms in total. The smallest absolute Gasteiger partial charge is 0.338 e. The van der Waals surface area contributed by atoms with Crippen LogP contribution in [0, 0.1) is 12.8 Å². The summed E-state index contributed by atoms with van der Waals surface area (Å²) in [5.74, 6) is -2.91. The lowest BCUT2D eigenvalue weighted by molar-refractivity contribution is -0.152. The Kier molecular flexibility index (Phi) is 11.0. The molecule has 1 unspecified atom stereocenters. The van der Waals surface area contributed by atoms with Crippen LogP contribution in [0.4, 0.5) is 0 Å². The van der Waals surface area contributed by atoms with Gasteiger partial charge in [0.05, 0.1) is 30.0 Å². The fourth-order valence-corrected chi connectivity index (χ4v) is 6.04. The molecule has 3 atom stereocenters. The Morgan fingerprint density at radius 3 is 2.42 bits per heavy atom. The number of Topliss-reactive ketones (excluding diaryl/α,β-unsaturated/α-hetero) is 2. The highest BCUT2D eigenvalue weighted by molar-refractivity contribution is 8.02. The minimum atomic E-state index is -1.38. The highest BCUT2D eigenvalue weighted by atomic mass is 35.5. The Hall–Kier alpha value is -2.88. The van der Waals surface area contributed by atoms with E-state index in [1.165, 1.54) is 49.0 Å². The number of nitrogens with zero attached hydrogens (tertiary/aromatic N) is 4. The molecule has 1 aromatic heterocycles. The van der Waals surface area contributed by atoms with Gasteiger partial charge in [-0.3, -0.25) is 24.0 Å². The van der Waals surface area contributed by atoms with Gasteiger partial charge in [-0.2, -0.15) is 0 Å². The van der Waals surface area contributed by atoms with Gasteiger partial charge in [-0.25, -0.2) is 9.78 Å². The number of halogens is 1. The summed E-state index contributed by atoms with van der Waals surface area (Å²) in [7, 11) is 2.80. The number of carbonyl (C=O) groups excluding carboxylic acids is 6. The van der Waals surface area contributed by atoms with Crippen LogP contribution in [0.1, 0.15) is 44.8 Å². The number of hydrogen-bond donors (Lipinski definition) is 1. The maximum atomic E-state index is 13.2. The zero-order chi connectivity index (χ0) is 30.6. The summed E-state index contributed by atoms with van der Waals surface area (Å²) in [6.45, 7) is 8.50. The number of aromatic nitrogens is 1. The van der Waals surface area contributed by atoms with Crippen LogP contribution in [-0.2, 0) is 38.3 Å². The van der Waals surface area contributed by atoms with Crippen molar-refractivity contribution in [2.45, 2.75) is 56.9 Å². The molecular formula is C24H32ClN5O8S2. The van der Waals surface area contributed by atoms with Crippen molar-refractivity contribution in [3.05, 3.63) is 15.0 Å². The first-order chi connectivity index (χ1) is 18.5. The normalized spacial score (nSPS) is 21.9. The maximum absolute atomic E-state index is 13.2. The van der Waals surface area contributed by atoms with Crippen LogP contribution in [0.2, 0.25) is 4.34 Å². The average Bonchev–Trinajstić information content (AvgIpc) is 3.42. The molecule has 0 radical (unpaired) electrons. The summed E-state index contributed by atoms with van der Waals surface area (Å²) in [6.07, 6.45) is 0.101. The van der Waals surface area contributed by atoms with Crippen LogP contribution in [0.15, 0.2) is 5.16 Å². The lowest BCUT2D eigenvalue weighted by Crippen LogP contribution is -2.58. The Morgan fingerprint density at radius 2 is 1.98 bits per heavy atom. The number of likely N-dealkylation sites (N-methyl/N-ethyl adjacent to an activating group) is 1. The van der Waals surface area contributed by atoms with Gasteiger partial charge in [0.15, 0.2) is 27.8 Å². The topological polar surface area (TPSA) is 179 Å². The van der Waals surface area contributed by atoms with Crippen LogP contribution in [0.3, 0.4) is 0 Å². The first-order valence-corrected chi connectivity index (χ1v) is 14.1. The summed E-state index contributed by atoms with van der Waals surface area (Å²) in [4.78, 5) is 80.6. The van der Waals surface area contributed by atoms with E-state index < -0.39 is 39.4 Å². The highest BCUT2D eigenvalue weighted by Crippen LogP contribution is 2.49. The summed E-state index contributed by atoms with van der Waals surface area (Å²) < 4.78 is 4.97. The minimum Gasteiger partial charge on any atom is -0.467 e. The molecule has 2 N–H and O–H groups in total. The molecule has 2 fully saturated rings. The molecule has 2 saturated heterocycles. The van der Waals surface area contributed by atoms with Crippen molar-refractivity contribution in [3.63, 3.8) is 0 Å². The molecule has 0 aliphatic carbocycles. The van der Waals surface area contributed by atoms with Crippen LogP contribution < -0.4 is 5.73 Å². The number of β-lactam (4-membered cyclic amide) rings is 1. The third-order valence-corrected chi connectivity index (χ3v) is 8.98. The lowest BCUT2D eigenvalue weighted by atomic mass is 9.90. The molecule has 2 amide bonds. The zero-order valence-electron chi connectivity index (χ0n) is 23.2. The molecule has 40 heavy (non-hydrogen) atoms. The zero-order valence-corrected chi connectivity index (χ0v) is 25.6. The molecule has 3 heterocycles. The van der Waals surface area contributed by atoms with Gasteiger partial charge in [0.2, 0.25) is 12.2 Å². The van der Waals surface area contributed by atoms with Crippen LogP contribution in [0.5, 0.6) is 0 Å². The standard InChI is InChI=1S/C19H23ClN4O6S2.C5H9NO2/c1-8(25)18(3,4)30-23-12(13-14(20)31-9(2)22-13)11(26)6-10-15(27)24-7-19(21,17(28)29-5)32-16(10)24;1-3-6(2)5(8)4-7/h10,16H,6-7,21H2,1-5H3;4H,3H2,1-2H3/b23-12+;/t10-,16?,19-;/m1./s1. The minimum absolute atomic E-state index is 0.00645. The fourth-order valence-electron chi connectivity index (χ4n) is 3.43. The summed E-state index contributed by atoms with van der Waals surface area (Å²) in [6, 6.07) is 0. The molecular weight excluding hydrogens is 586 g/mol. The summed E-state index contributed by atoms with van der Waals surface area (Å²) in [5.41, 5.74) is 4.78. The van der Waals surface area contributed by atoms with E-state index in [4.69, 9.17) is 26.9 Å². The number of aryl methyl sites for hydroxylation is 1. The third-order valence-electron chi connectivity index (χ3n) is 6.27. The van der Waals surface area contributed by atoms with Crippen molar-refractivity contribution in [2.24, 2.45) is 16.8 Å². The van der Waals surface area contributed by atoms with Crippen molar-refractivity contribution in [1.82, 2.24) is 14.8 Å². The second-order valence-corrected chi connectivity index (χ2v) is 12.8. The first-order valence-electron chi connectivity index (χ1n) is 12.0. The second kappa shape index (κ2) is 13.2. The molecule has 2 aliphatic heterocycles. The lowest BCUT2D eigenvalue weighted by Gasteiger charge is -2.41. The molecule has 3 rings (SSSR count). The van der Waals surface area contributed by atoms with E-state index in [9.17, 15) is 28.8 Å². The van der Waals surface area contributed by atoms with Crippen molar-refractivity contribution < 1.29 is 38.3 Å². The number of esters is 1. The van der Waals surface area contributed by atoms with E-state index in [1.807, 2.05) is 0 Å². The van der Waals surface area contributed by atoms with Gasteiger partial charge in [0.25, 0.3) is 5.91 Å². The molecule has 0 bridgehead atoms. The third kappa shape index (κ3) is 7.25. The monoisotopic (exact) mass is 617 g/mol. The quantitative estimate of drug-likeness (QED) is 0.0994. The molecule has 220 valence electrons. The van der Waals surface area contributed by atoms with Crippen molar-refractivity contribution in [2.75, 3.05) is 27.2 Å². The van der Waals surface area contributed by atoms with Gasteiger partial charge in [-0.15, -0.1) is 23.1 Å². The molecule has 1 aromatic rings. The number of aldehydes is 1. The summed E-state index contributed by atoms with van der Waals surface area (Å²) in [5, 5.41) is 4.09. The van der Waals surface area contributed by atoms with Gasteiger partial charge in [0.1, 0.15) is 10.0 Å². The average molecular weight is 618 g/mol. The van der Waals surface area contributed by atoms with E-state index >= 15 is 0 Å². The number of fused-ring (bicyclic) bond motifs is 1. The van der Waals surface area contributed by atoms with E-state index in [0.717, 1.165) is 11.8 Å². The van der Waals surface area contributed by atoms with Gasteiger partial charge in [-0.05, 0) is 34.6 Å². The number of ether oxygens (including phenoxy) is 1. The van der Waals surface area contributed by atoms with Crippen molar-refractivity contribution in [1.29, 1.82) is 0 Å². The van der Waals surface area contributed by atoms with Gasteiger partial charge < -0.3 is 25.1 Å². The van der Waals surface area contributed by atoms with Gasteiger partial charge in [-0.1, -0.05) is 16.8 Å². The number of thioether (sulfide) groups is 1. The molecule has 0 spiro atoms. The van der Waals surface area contributed by atoms with E-state index in [0.29, 0.717) is 17.8 Å². The number of nitrogens with two attached hydrogens (primary N) is 1. The summed E-state index contributed by atoms with van der Waals surface area (Å²) >= 11 is 8.49. The number of hydrogen-bond acceptors (Lipinski definition) is 13. The molecule has 2 aliphatic rings. The van der Waals surface area contributed by atoms with E-state index in [-0.39, 0.29) is 40.4 Å². The predicted octanol–water partition coefficient (Wildman–Crippen LogP) is 1.18. The molecule has 0 saturated carbocycles. The van der Waals surface area contributed by atoms with Crippen LogP contribution in [-0.4, -0.2) is 99.2 Å². The Bertz CT molecular complexity index is 1240. The second-order valence-electron chi connectivity index (χ2n) is 9.51. The number of rotatable bonds is 10. The van der Waals surface area contributed by atoms with Gasteiger partial charge in [0, 0.05) is 20.0 Å². The van der Waals surface area contributed by atoms with E-state index in [2.05, 4.69) is 10.1 Å². The number of methoxy groups -OCH3 is 1. The van der Waals surface area contributed by atoms with Gasteiger partial charge >= 0.3 is 5.97 Å². The number of carbonyl (C=O) groups is 6. The van der Waals surface area contributed by atoms with Crippen LogP contribution in [0.25, 0.3) is 0 Å². The van der Waals surface area contributed by atoms with Crippen LogP contribution >= 0.6 is 34.7 Å². The number of oxime groups is 1. The number of ketones is 2. The highest BCUT2D eigenvalue weighted by Gasteiger charge is 2.61. The predicted molar refractivity (Wildman–Crippen MR) is 149 cm³/mol. The molecule has 0 aromatic carbocycles. The molecule has 16 heteroatoms. The SMILES string of the molecule is CCN(C)C(=O)C=O.COC(=O)[C@@]1(N)CN2C(=O)[C@@H](CC(=O)/C(=N\OC(C)(C)C(C)=O)c3nc(C)sc3Cl)C2S1. The fraction of sp³-hybridized carbons (Fsp3) is 0.583. The van der Waals surface area contributed by atoms with Crippen molar-refractivity contribution >= 4 is 76.0 Å². The van der Waals surface area contributed by atoms with E-state index in [1.54, 1.807) is 20.9 Å². The Balaban J connectivity index is 0.000000611. The Labute approximate surface area is 244 Å². The maximum Gasteiger partial charge on any atom is 0.338 e. The Morgan fingerprint density at radius 1 is 1.35 bits per heavy atom. The largest absolute Gasteiger partial charge is 0.467 e. The number of amides is 2.